The molecule has 11 heteroatoms. The van der Waals surface area contributed by atoms with Crippen LogP contribution in [0, 0.1) is 0 Å². The predicted molar refractivity (Wildman–Crippen MR) is 126 cm³/mol. The molecular weight excluding hydrogens is 442 g/mol. The molecule has 0 aromatic carbocycles. The van der Waals surface area contributed by atoms with Crippen LogP contribution in [-0.4, -0.2) is 79.9 Å². The van der Waals surface area contributed by atoms with Crippen molar-refractivity contribution in [2.24, 2.45) is 0 Å². The van der Waals surface area contributed by atoms with Gasteiger partial charge in [0, 0.05) is 63.1 Å². The van der Waals surface area contributed by atoms with Crippen LogP contribution < -0.4 is 11.1 Å². The molecule has 10 nitrogen and oxygen atoms in total. The number of carbonyl (C=O) groups excluding carboxylic acids is 2. The molecule has 2 aliphatic rings. The van der Waals surface area contributed by atoms with E-state index in [-0.39, 0.29) is 24.2 Å². The molecule has 0 aliphatic carbocycles. The van der Waals surface area contributed by atoms with E-state index >= 15 is 0 Å². The zero-order valence-corrected chi connectivity index (χ0v) is 19.7. The summed E-state index contributed by atoms with van der Waals surface area (Å²) in [7, 11) is 0. The van der Waals surface area contributed by atoms with Crippen molar-refractivity contribution in [2.45, 2.75) is 57.7 Å². The van der Waals surface area contributed by atoms with Crippen LogP contribution in [0.25, 0.3) is 0 Å². The number of amides is 1. The van der Waals surface area contributed by atoms with Gasteiger partial charge in [0.15, 0.2) is 10.9 Å². The van der Waals surface area contributed by atoms with Crippen molar-refractivity contribution in [3.63, 3.8) is 0 Å². The lowest BCUT2D eigenvalue weighted by Gasteiger charge is -2.31. The van der Waals surface area contributed by atoms with Crippen LogP contribution in [0.2, 0.25) is 0 Å². The van der Waals surface area contributed by atoms with E-state index in [0.29, 0.717) is 36.2 Å². The first-order valence-corrected chi connectivity index (χ1v) is 12.2. The highest BCUT2D eigenvalue weighted by molar-refractivity contribution is 7.15. The van der Waals surface area contributed by atoms with E-state index in [1.807, 2.05) is 4.90 Å². The lowest BCUT2D eigenvalue weighted by atomic mass is 10.0. The van der Waals surface area contributed by atoms with Crippen LogP contribution in [0.5, 0.6) is 0 Å². The molecule has 0 bridgehead atoms. The number of nitrogens with one attached hydrogen (secondary N) is 1. The molecule has 2 aromatic rings. The molecule has 0 spiro atoms. The van der Waals surface area contributed by atoms with Crippen molar-refractivity contribution in [3.8, 4) is 0 Å². The smallest absolute Gasteiger partial charge is 0.219 e. The van der Waals surface area contributed by atoms with Crippen molar-refractivity contribution in [2.75, 3.05) is 37.2 Å². The molecule has 1 amide bonds. The highest BCUT2D eigenvalue weighted by Crippen LogP contribution is 2.26. The van der Waals surface area contributed by atoms with Gasteiger partial charge in [-0.1, -0.05) is 0 Å². The van der Waals surface area contributed by atoms with Crippen molar-refractivity contribution in [1.29, 1.82) is 0 Å². The van der Waals surface area contributed by atoms with Gasteiger partial charge in [-0.15, -0.1) is 11.3 Å². The quantitative estimate of drug-likeness (QED) is 0.485. The molecule has 1 atom stereocenters. The summed E-state index contributed by atoms with van der Waals surface area (Å²) in [6.07, 6.45) is 3.95. The number of nitrogens with zero attached hydrogens (tertiary/aromatic N) is 5. The molecule has 0 radical (unpaired) electrons. The SMILES string of the molecule is CC(=O)N1CCC(Nc2cc(C(=O)CC[C@H](O)CN3CCc4sc(N)nc4C3)ncn2)CC1. The molecule has 4 rings (SSSR count). The molecule has 33 heavy (non-hydrogen) atoms. The van der Waals surface area contributed by atoms with Gasteiger partial charge in [0.2, 0.25) is 5.91 Å². The number of piperidine rings is 1. The zero-order chi connectivity index (χ0) is 23.4. The second kappa shape index (κ2) is 10.5. The van der Waals surface area contributed by atoms with Crippen molar-refractivity contribution < 1.29 is 14.7 Å². The number of hydrogen-bond donors (Lipinski definition) is 3. The Morgan fingerprint density at radius 2 is 2.09 bits per heavy atom. The van der Waals surface area contributed by atoms with Crippen LogP contribution in [0.3, 0.4) is 0 Å². The van der Waals surface area contributed by atoms with E-state index in [9.17, 15) is 14.7 Å². The van der Waals surface area contributed by atoms with Crippen molar-refractivity contribution >= 4 is 34.0 Å². The third kappa shape index (κ3) is 6.24. The maximum Gasteiger partial charge on any atom is 0.219 e. The van der Waals surface area contributed by atoms with Gasteiger partial charge < -0.3 is 21.1 Å². The largest absolute Gasteiger partial charge is 0.392 e. The second-order valence-corrected chi connectivity index (χ2v) is 9.85. The summed E-state index contributed by atoms with van der Waals surface area (Å²) in [5.74, 6) is 0.601. The van der Waals surface area contributed by atoms with Crippen LogP contribution in [-0.2, 0) is 17.8 Å². The maximum absolute atomic E-state index is 12.7. The van der Waals surface area contributed by atoms with E-state index in [1.165, 1.54) is 22.5 Å². The van der Waals surface area contributed by atoms with Gasteiger partial charge in [-0.05, 0) is 25.7 Å². The fraction of sp³-hybridized carbons (Fsp3) is 0.591. The topological polar surface area (TPSA) is 138 Å². The van der Waals surface area contributed by atoms with Crippen LogP contribution in [0.15, 0.2) is 12.4 Å². The number of hydrogen-bond acceptors (Lipinski definition) is 10. The number of thiazole rings is 1. The normalized spacial score (nSPS) is 18.1. The van der Waals surface area contributed by atoms with Crippen molar-refractivity contribution in [3.05, 3.63) is 28.7 Å². The average molecular weight is 474 g/mol. The Bertz CT molecular complexity index is 990. The van der Waals surface area contributed by atoms with Gasteiger partial charge in [0.1, 0.15) is 17.8 Å². The number of aliphatic hydroxyl groups is 1. The summed E-state index contributed by atoms with van der Waals surface area (Å²) in [6.45, 7) is 5.06. The number of likely N-dealkylation sites (tertiary alicyclic amines) is 1. The second-order valence-electron chi connectivity index (χ2n) is 8.74. The number of nitrogens with two attached hydrogens (primary N) is 1. The molecule has 1 fully saturated rings. The highest BCUT2D eigenvalue weighted by atomic mass is 32.1. The number of ketones is 1. The Morgan fingerprint density at radius 3 is 2.85 bits per heavy atom. The number of nitrogen functional groups attached to an aromatic ring is 1. The number of carbonyl (C=O) groups is 2. The molecule has 4 N–H and O–H groups in total. The van der Waals surface area contributed by atoms with Gasteiger partial charge in [-0.2, -0.15) is 0 Å². The summed E-state index contributed by atoms with van der Waals surface area (Å²) in [5.41, 5.74) is 7.14. The van der Waals surface area contributed by atoms with Gasteiger partial charge in [-0.3, -0.25) is 14.5 Å². The summed E-state index contributed by atoms with van der Waals surface area (Å²) in [5, 5.41) is 14.4. The summed E-state index contributed by atoms with van der Waals surface area (Å²) >= 11 is 1.54. The van der Waals surface area contributed by atoms with Crippen LogP contribution >= 0.6 is 11.3 Å². The third-order valence-corrected chi connectivity index (χ3v) is 7.23. The number of rotatable bonds is 8. The summed E-state index contributed by atoms with van der Waals surface area (Å²) in [6, 6.07) is 1.88. The first-order chi connectivity index (χ1) is 15.9. The Balaban J connectivity index is 1.23. The van der Waals surface area contributed by atoms with E-state index in [4.69, 9.17) is 5.73 Å². The minimum Gasteiger partial charge on any atom is -0.392 e. The fourth-order valence-corrected chi connectivity index (χ4v) is 5.21. The number of anilines is 2. The number of aliphatic hydroxyl groups excluding tert-OH is 1. The molecule has 0 unspecified atom stereocenters. The van der Waals surface area contributed by atoms with Crippen molar-refractivity contribution in [1.82, 2.24) is 24.8 Å². The zero-order valence-electron chi connectivity index (χ0n) is 18.9. The van der Waals surface area contributed by atoms with Crippen LogP contribution in [0.1, 0.15) is 53.7 Å². The molecule has 178 valence electrons. The molecule has 2 aromatic heterocycles. The highest BCUT2D eigenvalue weighted by Gasteiger charge is 2.23. The van der Waals surface area contributed by atoms with E-state index in [2.05, 4.69) is 25.2 Å². The minimum absolute atomic E-state index is 0.100. The first kappa shape index (κ1) is 23.5. The average Bonchev–Trinajstić information content (AvgIpc) is 3.17. The summed E-state index contributed by atoms with van der Waals surface area (Å²) in [4.78, 5) is 42.1. The predicted octanol–water partition coefficient (Wildman–Crippen LogP) is 1.32. The van der Waals surface area contributed by atoms with E-state index in [0.717, 1.165) is 44.6 Å². The molecular formula is C22H31N7O3S. The third-order valence-electron chi connectivity index (χ3n) is 6.24. The van der Waals surface area contributed by atoms with Gasteiger partial charge in [0.25, 0.3) is 0 Å². The molecule has 4 heterocycles. The standard InChI is InChI=1S/C22H31N7O3S/c1-14(30)29-8-4-15(5-9-29)26-21-10-17(24-13-25-21)19(32)3-2-16(31)11-28-7-6-20-18(12-28)27-22(23)33-20/h10,13,15-16,31H,2-9,11-12H2,1H3,(H2,23,27)(H,24,25,26)/t16-/m0/s1. The molecule has 1 saturated heterocycles. The van der Waals surface area contributed by atoms with Gasteiger partial charge >= 0.3 is 0 Å². The first-order valence-electron chi connectivity index (χ1n) is 11.4. The van der Waals surface area contributed by atoms with E-state index in [1.54, 1.807) is 13.0 Å². The maximum atomic E-state index is 12.7. The van der Waals surface area contributed by atoms with Crippen LogP contribution in [0.4, 0.5) is 10.9 Å². The van der Waals surface area contributed by atoms with Gasteiger partial charge in [0.05, 0.1) is 11.8 Å². The fourth-order valence-electron chi connectivity index (χ4n) is 4.38. The number of fused-ring (bicyclic) bond motifs is 1. The van der Waals surface area contributed by atoms with E-state index < -0.39 is 6.10 Å². The monoisotopic (exact) mass is 473 g/mol. The lowest BCUT2D eigenvalue weighted by molar-refractivity contribution is -0.129. The summed E-state index contributed by atoms with van der Waals surface area (Å²) < 4.78 is 0. The van der Waals surface area contributed by atoms with Gasteiger partial charge in [-0.25, -0.2) is 15.0 Å². The lowest BCUT2D eigenvalue weighted by Crippen LogP contribution is -2.41. The number of aromatic nitrogens is 3. The Kier molecular flexibility index (Phi) is 7.51. The Labute approximate surface area is 197 Å². The Morgan fingerprint density at radius 1 is 1.30 bits per heavy atom. The molecule has 0 saturated carbocycles. The Hall–Kier alpha value is -2.63. The number of β-amino-alcohol motifs (C(OH)–C–C–N with tert-alkyl or cyclic N) is 1. The minimum atomic E-state index is -0.600. The molecule has 2 aliphatic heterocycles. The number of Topliss-reactive ketones (excluding diaryl/α,β-unsaturated/α-hetero) is 1.